The Kier molecular flexibility index (Phi) is 6.45. The van der Waals surface area contributed by atoms with Gasteiger partial charge >= 0.3 is 5.69 Å². The van der Waals surface area contributed by atoms with Gasteiger partial charge in [0.1, 0.15) is 11.3 Å². The van der Waals surface area contributed by atoms with E-state index in [1.807, 2.05) is 20.8 Å². The maximum atomic E-state index is 12.2. The molecule has 154 valence electrons. The van der Waals surface area contributed by atoms with Crippen LogP contribution in [-0.4, -0.2) is 31.3 Å². The third kappa shape index (κ3) is 5.70. The summed E-state index contributed by atoms with van der Waals surface area (Å²) in [4.78, 5) is 40.7. The fraction of sp³-hybridized carbons (Fsp3) is 0.267. The van der Waals surface area contributed by atoms with Gasteiger partial charge in [0.15, 0.2) is 0 Å². The van der Waals surface area contributed by atoms with Crippen molar-refractivity contribution < 1.29 is 14.6 Å². The molecular weight excluding hydrogens is 408 g/mol. The molecule has 4 N–H and O–H groups in total. The monoisotopic (exact) mass is 424 g/mol. The van der Waals surface area contributed by atoms with Gasteiger partial charge in [0, 0.05) is 17.2 Å². The number of hydrazine groups is 2. The van der Waals surface area contributed by atoms with Crippen LogP contribution in [0.3, 0.4) is 0 Å². The van der Waals surface area contributed by atoms with Crippen molar-refractivity contribution >= 4 is 40.5 Å². The molecule has 0 aliphatic heterocycles. The van der Waals surface area contributed by atoms with E-state index in [-0.39, 0.29) is 22.2 Å². The summed E-state index contributed by atoms with van der Waals surface area (Å²) >= 11 is 5.71. The molecule has 0 aliphatic rings. The zero-order valence-electron chi connectivity index (χ0n) is 15.5. The maximum absolute atomic E-state index is 12.2. The SMILES string of the molecule is CC(C)(C)NNc1ncnc(NNC(=O)c2ccc(Cl)c([N+](=O)[O-])c2)c1[N+](=O)[O-]. The third-order valence-electron chi connectivity index (χ3n) is 3.26. The van der Waals surface area contributed by atoms with E-state index in [4.69, 9.17) is 11.6 Å². The lowest BCUT2D eigenvalue weighted by molar-refractivity contribution is -0.384. The van der Waals surface area contributed by atoms with Crippen molar-refractivity contribution in [2.24, 2.45) is 0 Å². The molecule has 0 unspecified atom stereocenters. The summed E-state index contributed by atoms with van der Waals surface area (Å²) in [6.45, 7) is 5.49. The molecule has 1 amide bonds. The number of carbonyl (C=O) groups is 1. The molecule has 0 radical (unpaired) electrons. The Morgan fingerprint density at radius 1 is 1.07 bits per heavy atom. The minimum absolute atomic E-state index is 0.0851. The van der Waals surface area contributed by atoms with E-state index in [0.717, 1.165) is 12.4 Å². The molecule has 0 saturated heterocycles. The predicted molar refractivity (Wildman–Crippen MR) is 104 cm³/mol. The molecule has 0 atom stereocenters. The normalized spacial score (nSPS) is 10.9. The quantitative estimate of drug-likeness (QED) is 0.381. The largest absolute Gasteiger partial charge is 0.356 e. The Bertz CT molecular complexity index is 962. The van der Waals surface area contributed by atoms with Crippen LogP contribution >= 0.6 is 11.6 Å². The lowest BCUT2D eigenvalue weighted by Crippen LogP contribution is -2.40. The molecule has 13 nitrogen and oxygen atoms in total. The van der Waals surface area contributed by atoms with Crippen LogP contribution in [-0.2, 0) is 0 Å². The highest BCUT2D eigenvalue weighted by atomic mass is 35.5. The molecule has 0 aliphatic carbocycles. The zero-order valence-corrected chi connectivity index (χ0v) is 16.3. The molecule has 14 heteroatoms. The minimum Gasteiger partial charge on any atom is -0.299 e. The molecule has 0 spiro atoms. The summed E-state index contributed by atoms with van der Waals surface area (Å²) < 4.78 is 0. The van der Waals surface area contributed by atoms with Crippen LogP contribution in [0.1, 0.15) is 31.1 Å². The fourth-order valence-corrected chi connectivity index (χ4v) is 2.15. The maximum Gasteiger partial charge on any atom is 0.356 e. The summed E-state index contributed by atoms with van der Waals surface area (Å²) in [6, 6.07) is 3.44. The van der Waals surface area contributed by atoms with Gasteiger partial charge in [0.25, 0.3) is 11.6 Å². The molecule has 2 rings (SSSR count). The Labute approximate surface area is 169 Å². The van der Waals surface area contributed by atoms with E-state index in [2.05, 4.69) is 31.7 Å². The topological polar surface area (TPSA) is 177 Å². The summed E-state index contributed by atoms with van der Waals surface area (Å²) in [5, 5.41) is 22.3. The number of benzene rings is 1. The van der Waals surface area contributed by atoms with Crippen molar-refractivity contribution in [1.29, 1.82) is 0 Å². The molecule has 0 bridgehead atoms. The van der Waals surface area contributed by atoms with E-state index in [1.165, 1.54) is 12.1 Å². The van der Waals surface area contributed by atoms with E-state index in [0.29, 0.717) is 0 Å². The molecule has 1 aromatic heterocycles. The second-order valence-corrected chi connectivity index (χ2v) is 7.09. The van der Waals surface area contributed by atoms with Crippen molar-refractivity contribution in [3.63, 3.8) is 0 Å². The zero-order chi connectivity index (χ0) is 21.8. The first-order chi connectivity index (χ1) is 13.5. The van der Waals surface area contributed by atoms with E-state index in [9.17, 15) is 25.0 Å². The first-order valence-electron chi connectivity index (χ1n) is 8.02. The fourth-order valence-electron chi connectivity index (χ4n) is 1.96. The van der Waals surface area contributed by atoms with Crippen LogP contribution in [0.4, 0.5) is 23.0 Å². The Morgan fingerprint density at radius 3 is 2.24 bits per heavy atom. The lowest BCUT2D eigenvalue weighted by Gasteiger charge is -2.21. The third-order valence-corrected chi connectivity index (χ3v) is 3.58. The molecule has 2 aromatic rings. The number of anilines is 2. The number of nitro benzene ring substituents is 1. The highest BCUT2D eigenvalue weighted by Gasteiger charge is 2.25. The molecule has 0 fully saturated rings. The minimum atomic E-state index is -0.792. The number of amides is 1. The van der Waals surface area contributed by atoms with Gasteiger partial charge in [-0.15, -0.1) is 0 Å². The molecule has 1 aromatic carbocycles. The van der Waals surface area contributed by atoms with Crippen molar-refractivity contribution in [2.75, 3.05) is 10.9 Å². The number of halogens is 1. The summed E-state index contributed by atoms with van der Waals surface area (Å²) in [5.74, 6) is -1.21. The first-order valence-corrected chi connectivity index (χ1v) is 8.40. The van der Waals surface area contributed by atoms with Gasteiger partial charge in [0.05, 0.1) is 9.85 Å². The number of hydrogen-bond donors (Lipinski definition) is 4. The Hall–Kier alpha value is -3.58. The van der Waals surface area contributed by atoms with E-state index >= 15 is 0 Å². The second kappa shape index (κ2) is 8.62. The summed E-state index contributed by atoms with van der Waals surface area (Å²) in [6.07, 6.45) is 1.06. The second-order valence-electron chi connectivity index (χ2n) is 6.68. The number of carbonyl (C=O) groups excluding carboxylic acids is 1. The van der Waals surface area contributed by atoms with Gasteiger partial charge < -0.3 is 0 Å². The number of aromatic nitrogens is 2. The van der Waals surface area contributed by atoms with Crippen LogP contribution in [0.2, 0.25) is 5.02 Å². The molecule has 1 heterocycles. The van der Waals surface area contributed by atoms with Gasteiger partial charge in [-0.2, -0.15) is 0 Å². The average molecular weight is 425 g/mol. The number of rotatable bonds is 7. The van der Waals surface area contributed by atoms with E-state index < -0.39 is 32.7 Å². The lowest BCUT2D eigenvalue weighted by atomic mass is 10.1. The van der Waals surface area contributed by atoms with Gasteiger partial charge in [-0.25, -0.2) is 15.4 Å². The number of hydrogen-bond acceptors (Lipinski definition) is 10. The van der Waals surface area contributed by atoms with Crippen molar-refractivity contribution in [2.45, 2.75) is 26.3 Å². The van der Waals surface area contributed by atoms with Crippen molar-refractivity contribution in [1.82, 2.24) is 20.8 Å². The van der Waals surface area contributed by atoms with Crippen molar-refractivity contribution in [3.05, 3.63) is 55.3 Å². The van der Waals surface area contributed by atoms with Crippen LogP contribution in [0.25, 0.3) is 0 Å². The van der Waals surface area contributed by atoms with Gasteiger partial charge in [-0.3, -0.25) is 41.3 Å². The van der Waals surface area contributed by atoms with E-state index in [1.54, 1.807) is 0 Å². The highest BCUT2D eigenvalue weighted by molar-refractivity contribution is 6.32. The number of nitrogens with one attached hydrogen (secondary N) is 4. The summed E-state index contributed by atoms with van der Waals surface area (Å²) in [7, 11) is 0. The van der Waals surface area contributed by atoms with Crippen LogP contribution in [0, 0.1) is 20.2 Å². The van der Waals surface area contributed by atoms with Gasteiger partial charge in [-0.05, 0) is 32.9 Å². The average Bonchev–Trinajstić information content (AvgIpc) is 2.63. The Morgan fingerprint density at radius 2 is 1.69 bits per heavy atom. The predicted octanol–water partition coefficient (Wildman–Crippen LogP) is 2.42. The van der Waals surface area contributed by atoms with Crippen molar-refractivity contribution in [3.8, 4) is 0 Å². The molecular formula is C15H17ClN8O5. The highest BCUT2D eigenvalue weighted by Crippen LogP contribution is 2.28. The standard InChI is InChI=1S/C15H17ClN8O5/c1-15(2,3)22-20-13-11(24(28)29)12(17-7-18-13)19-21-14(25)8-4-5-9(16)10(6-8)23(26)27/h4-7,22H,1-3H3,(H,21,25)(H2,17,18,19,20). The molecule has 0 saturated carbocycles. The van der Waals surface area contributed by atoms with Gasteiger partial charge in [0.2, 0.25) is 11.6 Å². The first kappa shape index (κ1) is 21.7. The smallest absolute Gasteiger partial charge is 0.299 e. The molecule has 29 heavy (non-hydrogen) atoms. The van der Waals surface area contributed by atoms with Crippen LogP contribution in [0.15, 0.2) is 24.5 Å². The Balaban J connectivity index is 2.22. The number of nitro groups is 2. The van der Waals surface area contributed by atoms with Crippen LogP contribution < -0.4 is 21.7 Å². The van der Waals surface area contributed by atoms with Crippen LogP contribution in [0.5, 0.6) is 0 Å². The number of nitrogens with zero attached hydrogens (tertiary/aromatic N) is 4. The van der Waals surface area contributed by atoms with Gasteiger partial charge in [-0.1, -0.05) is 11.6 Å². The summed E-state index contributed by atoms with van der Waals surface area (Å²) in [5.41, 5.74) is 8.53.